The fraction of sp³-hybridized carbons (Fsp3) is 0.154. The Kier molecular flexibility index (Phi) is 2.97. The summed E-state index contributed by atoms with van der Waals surface area (Å²) in [5.41, 5.74) is 3.30. The van der Waals surface area contributed by atoms with E-state index in [9.17, 15) is 4.79 Å². The van der Waals surface area contributed by atoms with E-state index in [2.05, 4.69) is 15.9 Å². The Bertz CT molecular complexity index is 518. The zero-order valence-corrected chi connectivity index (χ0v) is 10.7. The van der Waals surface area contributed by atoms with Crippen molar-refractivity contribution in [3.8, 4) is 11.3 Å². The highest BCUT2D eigenvalue weighted by Crippen LogP contribution is 2.29. The van der Waals surface area contributed by atoms with Gasteiger partial charge in [0.15, 0.2) is 12.0 Å². The average molecular weight is 279 g/mol. The normalized spacial score (nSPS) is 10.4. The molecule has 0 radical (unpaired) electrons. The third-order valence-corrected chi connectivity index (χ3v) is 3.71. The van der Waals surface area contributed by atoms with Crippen LogP contribution in [0.5, 0.6) is 0 Å². The van der Waals surface area contributed by atoms with Gasteiger partial charge in [0.05, 0.1) is 0 Å². The minimum Gasteiger partial charge on any atom is -0.453 e. The number of aldehydes is 1. The first-order chi connectivity index (χ1) is 7.61. The molecule has 0 aliphatic heterocycles. The molecule has 0 aliphatic carbocycles. The van der Waals surface area contributed by atoms with Crippen LogP contribution in [0.15, 0.2) is 33.2 Å². The first kappa shape index (κ1) is 11.1. The van der Waals surface area contributed by atoms with Gasteiger partial charge in [-0.1, -0.05) is 15.9 Å². The molecule has 0 saturated heterocycles. The largest absolute Gasteiger partial charge is 0.453 e. The Labute approximate surface area is 102 Å². The topological polar surface area (TPSA) is 30.2 Å². The fourth-order valence-electron chi connectivity index (χ4n) is 1.66. The van der Waals surface area contributed by atoms with Gasteiger partial charge in [-0.05, 0) is 49.2 Å². The summed E-state index contributed by atoms with van der Waals surface area (Å²) in [5.74, 6) is 1.08. The van der Waals surface area contributed by atoms with Gasteiger partial charge in [-0.2, -0.15) is 0 Å². The molecule has 2 aromatic rings. The summed E-state index contributed by atoms with van der Waals surface area (Å²) in [5, 5.41) is 0. The van der Waals surface area contributed by atoms with Crippen molar-refractivity contribution in [2.24, 2.45) is 0 Å². The van der Waals surface area contributed by atoms with Gasteiger partial charge < -0.3 is 4.42 Å². The number of benzene rings is 1. The van der Waals surface area contributed by atoms with Crippen LogP contribution in [0.1, 0.15) is 21.7 Å². The molecule has 1 aromatic carbocycles. The molecule has 1 aromatic heterocycles. The number of hydrogen-bond acceptors (Lipinski definition) is 2. The highest BCUT2D eigenvalue weighted by atomic mass is 79.9. The SMILES string of the molecule is Cc1cc(-c2ccc(C=O)o2)cc(C)c1Br. The van der Waals surface area contributed by atoms with Crippen LogP contribution in [0.4, 0.5) is 0 Å². The lowest BCUT2D eigenvalue weighted by atomic mass is 10.1. The van der Waals surface area contributed by atoms with Crippen LogP contribution in [0.3, 0.4) is 0 Å². The molecule has 0 amide bonds. The number of carbonyl (C=O) groups is 1. The van der Waals surface area contributed by atoms with Crippen molar-refractivity contribution in [2.75, 3.05) is 0 Å². The maximum absolute atomic E-state index is 10.5. The van der Waals surface area contributed by atoms with E-state index in [4.69, 9.17) is 4.42 Å². The molecule has 0 atom stereocenters. The second-order valence-electron chi connectivity index (χ2n) is 3.74. The van der Waals surface area contributed by atoms with Crippen molar-refractivity contribution in [3.63, 3.8) is 0 Å². The van der Waals surface area contributed by atoms with Gasteiger partial charge in [-0.3, -0.25) is 4.79 Å². The van der Waals surface area contributed by atoms with Gasteiger partial charge in [0.2, 0.25) is 0 Å². The number of aryl methyl sites for hydroxylation is 2. The number of halogens is 1. The summed E-state index contributed by atoms with van der Waals surface area (Å²) >= 11 is 3.52. The van der Waals surface area contributed by atoms with Crippen molar-refractivity contribution in [1.82, 2.24) is 0 Å². The summed E-state index contributed by atoms with van der Waals surface area (Å²) in [6, 6.07) is 7.55. The molecule has 3 heteroatoms. The molecule has 0 spiro atoms. The Balaban J connectivity index is 2.52. The lowest BCUT2D eigenvalue weighted by Gasteiger charge is -2.05. The average Bonchev–Trinajstić information content (AvgIpc) is 2.73. The van der Waals surface area contributed by atoms with E-state index >= 15 is 0 Å². The van der Waals surface area contributed by atoms with Crippen molar-refractivity contribution in [2.45, 2.75) is 13.8 Å². The zero-order valence-electron chi connectivity index (χ0n) is 9.08. The van der Waals surface area contributed by atoms with E-state index < -0.39 is 0 Å². The van der Waals surface area contributed by atoms with Gasteiger partial charge in [0.25, 0.3) is 0 Å². The molecule has 0 aliphatic rings. The van der Waals surface area contributed by atoms with Crippen LogP contribution in [0.2, 0.25) is 0 Å². The van der Waals surface area contributed by atoms with Gasteiger partial charge in [-0.15, -0.1) is 0 Å². The first-order valence-electron chi connectivity index (χ1n) is 4.94. The van der Waals surface area contributed by atoms with Gasteiger partial charge >= 0.3 is 0 Å². The van der Waals surface area contributed by atoms with E-state index in [1.54, 1.807) is 6.07 Å². The van der Waals surface area contributed by atoms with Crippen LogP contribution in [-0.4, -0.2) is 6.29 Å². The minimum absolute atomic E-state index is 0.355. The summed E-state index contributed by atoms with van der Waals surface area (Å²) < 4.78 is 6.49. The van der Waals surface area contributed by atoms with Crippen molar-refractivity contribution in [3.05, 3.63) is 45.6 Å². The Hall–Kier alpha value is -1.35. The minimum atomic E-state index is 0.355. The summed E-state index contributed by atoms with van der Waals surface area (Å²) in [7, 11) is 0. The fourth-order valence-corrected chi connectivity index (χ4v) is 1.89. The lowest BCUT2D eigenvalue weighted by Crippen LogP contribution is -1.84. The molecule has 0 fully saturated rings. The van der Waals surface area contributed by atoms with Crippen molar-refractivity contribution < 1.29 is 9.21 Å². The molecule has 16 heavy (non-hydrogen) atoms. The predicted octanol–water partition coefficient (Wildman–Crippen LogP) is 4.14. The number of hydrogen-bond donors (Lipinski definition) is 0. The Morgan fingerprint density at radius 2 is 1.81 bits per heavy atom. The number of rotatable bonds is 2. The molecule has 82 valence electrons. The number of carbonyl (C=O) groups excluding carboxylic acids is 1. The predicted molar refractivity (Wildman–Crippen MR) is 66.7 cm³/mol. The summed E-state index contributed by atoms with van der Waals surface area (Å²) in [6.45, 7) is 4.06. The molecule has 2 rings (SSSR count). The van der Waals surface area contributed by atoms with E-state index in [0.717, 1.165) is 26.9 Å². The quantitative estimate of drug-likeness (QED) is 0.773. The van der Waals surface area contributed by atoms with Crippen LogP contribution in [0.25, 0.3) is 11.3 Å². The Morgan fingerprint density at radius 1 is 1.19 bits per heavy atom. The maximum atomic E-state index is 10.5. The second-order valence-corrected chi connectivity index (χ2v) is 4.54. The lowest BCUT2D eigenvalue weighted by molar-refractivity contribution is 0.110. The van der Waals surface area contributed by atoms with Crippen LogP contribution in [-0.2, 0) is 0 Å². The molecule has 0 saturated carbocycles. The van der Waals surface area contributed by atoms with Gasteiger partial charge in [-0.25, -0.2) is 0 Å². The molecule has 2 nitrogen and oxygen atoms in total. The molecule has 0 unspecified atom stereocenters. The first-order valence-corrected chi connectivity index (χ1v) is 5.73. The van der Waals surface area contributed by atoms with Crippen LogP contribution in [0, 0.1) is 13.8 Å². The third-order valence-electron chi connectivity index (χ3n) is 2.46. The molecule has 0 bridgehead atoms. The van der Waals surface area contributed by atoms with Crippen molar-refractivity contribution in [1.29, 1.82) is 0 Å². The van der Waals surface area contributed by atoms with Crippen molar-refractivity contribution >= 4 is 22.2 Å². The van der Waals surface area contributed by atoms with Crippen LogP contribution >= 0.6 is 15.9 Å². The molecular weight excluding hydrogens is 268 g/mol. The highest BCUT2D eigenvalue weighted by molar-refractivity contribution is 9.10. The van der Waals surface area contributed by atoms with E-state index in [0.29, 0.717) is 12.0 Å². The third kappa shape index (κ3) is 1.95. The monoisotopic (exact) mass is 278 g/mol. The molecule has 0 N–H and O–H groups in total. The molecular formula is C13H11BrO2. The standard InChI is InChI=1S/C13H11BrO2/c1-8-5-10(6-9(2)13(8)14)12-4-3-11(7-15)16-12/h3-7H,1-2H3. The maximum Gasteiger partial charge on any atom is 0.185 e. The van der Waals surface area contributed by atoms with E-state index in [1.807, 2.05) is 32.0 Å². The van der Waals surface area contributed by atoms with Gasteiger partial charge in [0.1, 0.15) is 5.76 Å². The van der Waals surface area contributed by atoms with E-state index in [1.165, 1.54) is 0 Å². The van der Waals surface area contributed by atoms with E-state index in [-0.39, 0.29) is 0 Å². The van der Waals surface area contributed by atoms with Gasteiger partial charge in [0, 0.05) is 10.0 Å². The second kappa shape index (κ2) is 4.26. The van der Waals surface area contributed by atoms with Crippen LogP contribution < -0.4 is 0 Å². The Morgan fingerprint density at radius 3 is 2.31 bits per heavy atom. The smallest absolute Gasteiger partial charge is 0.185 e. The number of furan rings is 1. The summed E-state index contributed by atoms with van der Waals surface area (Å²) in [6.07, 6.45) is 0.710. The highest BCUT2D eigenvalue weighted by Gasteiger charge is 2.07. The summed E-state index contributed by atoms with van der Waals surface area (Å²) in [4.78, 5) is 10.5. The zero-order chi connectivity index (χ0) is 11.7. The molecule has 1 heterocycles.